The number of rotatable bonds is 12. The SMILES string of the molecule is COc1ccc(S(=O)(=O)N(CC(=O)NCCSCc2c(F)cccc2Cl)c2ccc(F)cc2)cc1OC. The summed E-state index contributed by atoms with van der Waals surface area (Å²) < 4.78 is 65.7. The maximum absolute atomic E-state index is 13.9. The fraction of sp³-hybridized carbons (Fsp3) is 0.240. The van der Waals surface area contributed by atoms with Gasteiger partial charge in [0, 0.05) is 34.7 Å². The van der Waals surface area contributed by atoms with E-state index in [1.807, 2.05) is 0 Å². The molecule has 0 aliphatic heterocycles. The molecule has 0 bridgehead atoms. The summed E-state index contributed by atoms with van der Waals surface area (Å²) in [6.45, 7) is -0.338. The quantitative estimate of drug-likeness (QED) is 0.312. The van der Waals surface area contributed by atoms with E-state index < -0.39 is 34.1 Å². The fourth-order valence-corrected chi connectivity index (χ4v) is 5.95. The summed E-state index contributed by atoms with van der Waals surface area (Å²) in [6, 6.07) is 13.3. The molecule has 7 nitrogen and oxygen atoms in total. The zero-order valence-electron chi connectivity index (χ0n) is 20.0. The van der Waals surface area contributed by atoms with Gasteiger partial charge in [0.1, 0.15) is 18.2 Å². The van der Waals surface area contributed by atoms with Crippen molar-refractivity contribution in [2.45, 2.75) is 10.6 Å². The monoisotopic (exact) mass is 570 g/mol. The molecular formula is C25H25ClF2N2O5S2. The molecule has 3 aromatic rings. The van der Waals surface area contributed by atoms with Crippen LogP contribution >= 0.6 is 23.4 Å². The summed E-state index contributed by atoms with van der Waals surface area (Å²) in [5.41, 5.74) is 0.485. The standard InChI is InChI=1S/C25H25ClF2N2O5S2/c1-34-23-11-10-19(14-24(23)35-2)37(32,33)30(18-8-6-17(27)7-9-18)15-25(31)29-12-13-36-16-20-21(26)4-3-5-22(20)28/h3-11,14H,12-13,15-16H2,1-2H3,(H,29,31). The molecule has 0 aliphatic rings. The van der Waals surface area contributed by atoms with Crippen LogP contribution in [0.5, 0.6) is 11.5 Å². The van der Waals surface area contributed by atoms with Crippen LogP contribution in [0.25, 0.3) is 0 Å². The molecule has 0 radical (unpaired) electrons. The van der Waals surface area contributed by atoms with Crippen molar-refractivity contribution >= 4 is 45.0 Å². The van der Waals surface area contributed by atoms with Gasteiger partial charge < -0.3 is 14.8 Å². The Hall–Kier alpha value is -3.02. The predicted molar refractivity (Wildman–Crippen MR) is 141 cm³/mol. The molecule has 12 heteroatoms. The van der Waals surface area contributed by atoms with E-state index in [0.29, 0.717) is 27.8 Å². The van der Waals surface area contributed by atoms with Gasteiger partial charge in [0.05, 0.1) is 24.8 Å². The van der Waals surface area contributed by atoms with Crippen molar-refractivity contribution in [3.8, 4) is 11.5 Å². The zero-order chi connectivity index (χ0) is 27.0. The molecule has 198 valence electrons. The zero-order valence-corrected chi connectivity index (χ0v) is 22.4. The minimum atomic E-state index is -4.25. The number of ether oxygens (including phenoxy) is 2. The lowest BCUT2D eigenvalue weighted by Gasteiger charge is -2.24. The summed E-state index contributed by atoms with van der Waals surface area (Å²) in [6.07, 6.45) is 0. The van der Waals surface area contributed by atoms with E-state index >= 15 is 0 Å². The third-order valence-electron chi connectivity index (χ3n) is 5.22. The number of thioether (sulfide) groups is 1. The minimum Gasteiger partial charge on any atom is -0.493 e. The van der Waals surface area contributed by atoms with Gasteiger partial charge in [-0.05, 0) is 48.5 Å². The molecule has 3 aromatic carbocycles. The Kier molecular flexibility index (Phi) is 10.0. The molecule has 0 unspecified atom stereocenters. The third-order valence-corrected chi connectivity index (χ3v) is 8.33. The minimum absolute atomic E-state index is 0.106. The Morgan fingerprint density at radius 2 is 1.73 bits per heavy atom. The van der Waals surface area contributed by atoms with Crippen LogP contribution in [0, 0.1) is 11.6 Å². The Morgan fingerprint density at radius 1 is 1.03 bits per heavy atom. The first kappa shape index (κ1) is 28.5. The van der Waals surface area contributed by atoms with E-state index in [1.54, 1.807) is 6.07 Å². The number of methoxy groups -OCH3 is 2. The van der Waals surface area contributed by atoms with Crippen molar-refractivity contribution in [3.05, 3.63) is 82.9 Å². The normalized spacial score (nSPS) is 11.2. The van der Waals surface area contributed by atoms with E-state index in [4.69, 9.17) is 21.1 Å². The Balaban J connectivity index is 1.71. The summed E-state index contributed by atoms with van der Waals surface area (Å²) in [5.74, 6) is -0.242. The van der Waals surface area contributed by atoms with Gasteiger partial charge in [-0.3, -0.25) is 9.10 Å². The number of anilines is 1. The summed E-state index contributed by atoms with van der Waals surface area (Å²) in [4.78, 5) is 12.6. The smallest absolute Gasteiger partial charge is 0.264 e. The highest BCUT2D eigenvalue weighted by molar-refractivity contribution is 7.98. The van der Waals surface area contributed by atoms with Crippen LogP contribution < -0.4 is 19.1 Å². The molecule has 37 heavy (non-hydrogen) atoms. The molecular weight excluding hydrogens is 546 g/mol. The average molecular weight is 571 g/mol. The summed E-state index contributed by atoms with van der Waals surface area (Å²) in [5, 5.41) is 2.99. The molecule has 0 saturated carbocycles. The molecule has 0 atom stereocenters. The number of hydrogen-bond acceptors (Lipinski definition) is 6. The van der Waals surface area contributed by atoms with Gasteiger partial charge >= 0.3 is 0 Å². The molecule has 0 aromatic heterocycles. The van der Waals surface area contributed by atoms with E-state index in [0.717, 1.165) is 16.4 Å². The molecule has 1 N–H and O–H groups in total. The van der Waals surface area contributed by atoms with Crippen LogP contribution in [0.3, 0.4) is 0 Å². The Bertz CT molecular complexity index is 1320. The third kappa shape index (κ3) is 7.27. The Labute approximate surface area is 223 Å². The van der Waals surface area contributed by atoms with Crippen LogP contribution in [0.15, 0.2) is 65.6 Å². The first-order valence-corrected chi connectivity index (χ1v) is 13.9. The van der Waals surface area contributed by atoms with Crippen LogP contribution in [0.4, 0.5) is 14.5 Å². The molecule has 0 heterocycles. The number of carbonyl (C=O) groups excluding carboxylic acids is 1. The highest BCUT2D eigenvalue weighted by Gasteiger charge is 2.28. The average Bonchev–Trinajstić information content (AvgIpc) is 2.88. The summed E-state index contributed by atoms with van der Waals surface area (Å²) >= 11 is 7.39. The van der Waals surface area contributed by atoms with Crippen molar-refractivity contribution < 1.29 is 31.5 Å². The second-order valence-corrected chi connectivity index (χ2v) is 11.0. The lowest BCUT2D eigenvalue weighted by atomic mass is 10.2. The van der Waals surface area contributed by atoms with Crippen molar-refractivity contribution in [1.82, 2.24) is 5.32 Å². The maximum Gasteiger partial charge on any atom is 0.264 e. The van der Waals surface area contributed by atoms with Crippen LogP contribution in [-0.4, -0.2) is 47.4 Å². The fourth-order valence-electron chi connectivity index (χ4n) is 3.32. The van der Waals surface area contributed by atoms with Gasteiger partial charge in [0.25, 0.3) is 10.0 Å². The van der Waals surface area contributed by atoms with E-state index in [9.17, 15) is 22.0 Å². The second-order valence-electron chi connectivity index (χ2n) is 7.61. The number of nitrogens with one attached hydrogen (secondary N) is 1. The molecule has 0 aliphatic carbocycles. The van der Waals surface area contributed by atoms with E-state index in [2.05, 4.69) is 5.32 Å². The van der Waals surface area contributed by atoms with Crippen LogP contribution in [0.1, 0.15) is 5.56 Å². The number of hydrogen-bond donors (Lipinski definition) is 1. The largest absolute Gasteiger partial charge is 0.493 e. The molecule has 1 amide bonds. The number of benzene rings is 3. The molecule has 0 spiro atoms. The lowest BCUT2D eigenvalue weighted by molar-refractivity contribution is -0.119. The summed E-state index contributed by atoms with van der Waals surface area (Å²) in [7, 11) is -1.45. The first-order chi connectivity index (χ1) is 17.7. The number of carbonyl (C=O) groups is 1. The van der Waals surface area contributed by atoms with Gasteiger partial charge in [-0.1, -0.05) is 17.7 Å². The number of amides is 1. The first-order valence-electron chi connectivity index (χ1n) is 10.9. The molecule has 3 rings (SSSR count). The lowest BCUT2D eigenvalue weighted by Crippen LogP contribution is -2.41. The van der Waals surface area contributed by atoms with Gasteiger partial charge in [0.2, 0.25) is 5.91 Å². The highest BCUT2D eigenvalue weighted by atomic mass is 35.5. The van der Waals surface area contributed by atoms with Crippen molar-refractivity contribution in [2.75, 3.05) is 37.4 Å². The van der Waals surface area contributed by atoms with Crippen molar-refractivity contribution in [2.24, 2.45) is 0 Å². The maximum atomic E-state index is 13.9. The van der Waals surface area contributed by atoms with Gasteiger partial charge in [-0.2, -0.15) is 11.8 Å². The van der Waals surface area contributed by atoms with E-state index in [1.165, 1.54) is 68.4 Å². The Morgan fingerprint density at radius 3 is 2.38 bits per heavy atom. The van der Waals surface area contributed by atoms with Gasteiger partial charge in [-0.25, -0.2) is 17.2 Å². The van der Waals surface area contributed by atoms with Crippen molar-refractivity contribution in [1.29, 1.82) is 0 Å². The number of halogens is 3. The molecule has 0 fully saturated rings. The van der Waals surface area contributed by atoms with Crippen LogP contribution in [0.2, 0.25) is 5.02 Å². The van der Waals surface area contributed by atoms with Crippen LogP contribution in [-0.2, 0) is 20.6 Å². The van der Waals surface area contributed by atoms with E-state index in [-0.39, 0.29) is 22.9 Å². The second kappa shape index (κ2) is 13.0. The van der Waals surface area contributed by atoms with Gasteiger partial charge in [-0.15, -0.1) is 0 Å². The number of nitrogens with zero attached hydrogens (tertiary/aromatic N) is 1. The molecule has 0 saturated heterocycles. The highest BCUT2D eigenvalue weighted by Crippen LogP contribution is 2.32. The van der Waals surface area contributed by atoms with Gasteiger partial charge in [0.15, 0.2) is 11.5 Å². The number of sulfonamides is 1. The topological polar surface area (TPSA) is 84.9 Å². The van der Waals surface area contributed by atoms with Crippen molar-refractivity contribution in [3.63, 3.8) is 0 Å². The predicted octanol–water partition coefficient (Wildman–Crippen LogP) is 4.88.